The molecule has 0 saturated heterocycles. The van der Waals surface area contributed by atoms with E-state index in [0.717, 1.165) is 23.7 Å². The van der Waals surface area contributed by atoms with Crippen molar-refractivity contribution in [1.29, 1.82) is 0 Å². The lowest BCUT2D eigenvalue weighted by atomic mass is 9.61. The molecule has 0 radical (unpaired) electrons. The molecule has 4 saturated carbocycles. The van der Waals surface area contributed by atoms with Crippen LogP contribution < -0.4 is 0 Å². The molecule has 0 aliphatic heterocycles. The van der Waals surface area contributed by atoms with Crippen LogP contribution in [0.2, 0.25) is 0 Å². The summed E-state index contributed by atoms with van der Waals surface area (Å²) < 4.78 is 0. The summed E-state index contributed by atoms with van der Waals surface area (Å²) in [5, 5.41) is 0. The van der Waals surface area contributed by atoms with Crippen LogP contribution in [-0.2, 0) is 0 Å². The molecule has 0 aromatic rings. The molecular formula is C12H20. The van der Waals surface area contributed by atoms with Crippen LogP contribution in [0, 0.1) is 23.7 Å². The summed E-state index contributed by atoms with van der Waals surface area (Å²) in [5.41, 5.74) is 0. The summed E-state index contributed by atoms with van der Waals surface area (Å²) in [5.74, 6) is 4.62. The van der Waals surface area contributed by atoms with Crippen molar-refractivity contribution < 1.29 is 0 Å². The van der Waals surface area contributed by atoms with Crippen molar-refractivity contribution >= 4 is 0 Å². The second kappa shape index (κ2) is 2.75. The molecule has 0 spiro atoms. The topological polar surface area (TPSA) is 0 Å². The van der Waals surface area contributed by atoms with Crippen molar-refractivity contribution in [3.8, 4) is 0 Å². The fourth-order valence-corrected chi connectivity index (χ4v) is 4.29. The summed E-state index contributed by atoms with van der Waals surface area (Å²) in [6.45, 7) is 0. The van der Waals surface area contributed by atoms with E-state index < -0.39 is 0 Å². The first-order valence-corrected chi connectivity index (χ1v) is 5.90. The first-order chi connectivity index (χ1) is 5.90. The Hall–Kier alpha value is 0. The summed E-state index contributed by atoms with van der Waals surface area (Å²) in [6, 6.07) is 0. The summed E-state index contributed by atoms with van der Waals surface area (Å²) in [6.07, 6.45) is 12.7. The maximum atomic E-state index is 1.60. The van der Waals surface area contributed by atoms with E-state index in [1.807, 2.05) is 0 Å². The largest absolute Gasteiger partial charge is 0.0528 e. The molecule has 12 heavy (non-hydrogen) atoms. The second-order valence-electron chi connectivity index (χ2n) is 5.57. The van der Waals surface area contributed by atoms with Gasteiger partial charge in [0, 0.05) is 0 Å². The quantitative estimate of drug-likeness (QED) is 0.513. The third-order valence-electron chi connectivity index (χ3n) is 4.56. The highest BCUT2D eigenvalue weighted by atomic mass is 14.4. The minimum absolute atomic E-state index is 1.15. The average Bonchev–Trinajstić information content (AvgIpc) is 1.99. The van der Waals surface area contributed by atoms with Crippen molar-refractivity contribution in [2.24, 2.45) is 23.7 Å². The number of hydrogen-bond acceptors (Lipinski definition) is 0. The lowest BCUT2D eigenvalue weighted by molar-refractivity contribution is 0.0674. The highest BCUT2D eigenvalue weighted by Gasteiger charge is 2.37. The fourth-order valence-electron chi connectivity index (χ4n) is 4.29. The van der Waals surface area contributed by atoms with E-state index in [-0.39, 0.29) is 0 Å². The van der Waals surface area contributed by atoms with Crippen molar-refractivity contribution in [2.75, 3.05) is 0 Å². The first kappa shape index (κ1) is 7.41. The molecule has 0 amide bonds. The van der Waals surface area contributed by atoms with E-state index in [1.165, 1.54) is 0 Å². The summed E-state index contributed by atoms with van der Waals surface area (Å²) in [7, 11) is 0. The fraction of sp³-hybridized carbons (Fsp3) is 1.00. The van der Waals surface area contributed by atoms with Crippen LogP contribution in [0.25, 0.3) is 0 Å². The van der Waals surface area contributed by atoms with Crippen molar-refractivity contribution in [3.63, 3.8) is 0 Å². The third kappa shape index (κ3) is 1.20. The Labute approximate surface area is 75.7 Å². The zero-order valence-corrected chi connectivity index (χ0v) is 7.97. The molecule has 0 aromatic heterocycles. The van der Waals surface area contributed by atoms with E-state index in [1.54, 1.807) is 51.4 Å². The van der Waals surface area contributed by atoms with E-state index in [2.05, 4.69) is 0 Å². The van der Waals surface area contributed by atoms with Crippen LogP contribution in [-0.4, -0.2) is 0 Å². The lowest BCUT2D eigenvalue weighted by Gasteiger charge is -2.45. The Kier molecular flexibility index (Phi) is 1.70. The molecule has 0 unspecified atom stereocenters. The van der Waals surface area contributed by atoms with Gasteiger partial charge in [-0.3, -0.25) is 0 Å². The highest BCUT2D eigenvalue weighted by Crippen LogP contribution is 2.49. The molecule has 0 atom stereocenters. The number of rotatable bonds is 0. The average molecular weight is 164 g/mol. The molecule has 4 rings (SSSR count). The predicted molar refractivity (Wildman–Crippen MR) is 50.9 cm³/mol. The van der Waals surface area contributed by atoms with E-state index in [0.29, 0.717) is 0 Å². The Morgan fingerprint density at radius 1 is 0.500 bits per heavy atom. The molecule has 68 valence electrons. The Bertz CT molecular complexity index is 139. The van der Waals surface area contributed by atoms with Gasteiger partial charge in [0.25, 0.3) is 0 Å². The van der Waals surface area contributed by atoms with Crippen LogP contribution in [0.4, 0.5) is 0 Å². The standard InChI is InChI=1S/C12H20/c1-2-9-4-11-6-10(3-1)7-12(5-9)8-11/h9-12H,1-8H2. The predicted octanol–water partition coefficient (Wildman–Crippen LogP) is 3.61. The minimum atomic E-state index is 1.15. The molecule has 0 heteroatoms. The van der Waals surface area contributed by atoms with Crippen molar-refractivity contribution in [1.82, 2.24) is 0 Å². The van der Waals surface area contributed by atoms with Crippen LogP contribution in [0.1, 0.15) is 51.4 Å². The van der Waals surface area contributed by atoms with Crippen molar-refractivity contribution in [3.05, 3.63) is 0 Å². The zero-order valence-electron chi connectivity index (χ0n) is 7.97. The van der Waals surface area contributed by atoms with Gasteiger partial charge in [-0.15, -0.1) is 0 Å². The lowest BCUT2D eigenvalue weighted by Crippen LogP contribution is -2.33. The maximum Gasteiger partial charge on any atom is -0.0406 e. The van der Waals surface area contributed by atoms with Crippen LogP contribution in [0.15, 0.2) is 0 Å². The van der Waals surface area contributed by atoms with Crippen LogP contribution in [0.5, 0.6) is 0 Å². The molecule has 4 bridgehead atoms. The van der Waals surface area contributed by atoms with E-state index in [4.69, 9.17) is 0 Å². The molecule has 4 aliphatic rings. The first-order valence-electron chi connectivity index (χ1n) is 5.90. The Morgan fingerprint density at radius 3 is 1.42 bits per heavy atom. The van der Waals surface area contributed by atoms with Gasteiger partial charge in [0.05, 0.1) is 0 Å². The van der Waals surface area contributed by atoms with Crippen LogP contribution >= 0.6 is 0 Å². The highest BCUT2D eigenvalue weighted by molar-refractivity contribution is 4.88. The van der Waals surface area contributed by atoms with E-state index >= 15 is 0 Å². The summed E-state index contributed by atoms with van der Waals surface area (Å²) in [4.78, 5) is 0. The van der Waals surface area contributed by atoms with E-state index in [9.17, 15) is 0 Å². The molecule has 0 N–H and O–H groups in total. The molecule has 0 heterocycles. The van der Waals surface area contributed by atoms with Gasteiger partial charge in [0.1, 0.15) is 0 Å². The van der Waals surface area contributed by atoms with Gasteiger partial charge >= 0.3 is 0 Å². The van der Waals surface area contributed by atoms with Gasteiger partial charge in [-0.1, -0.05) is 19.3 Å². The molecule has 0 nitrogen and oxygen atoms in total. The van der Waals surface area contributed by atoms with Gasteiger partial charge in [-0.2, -0.15) is 0 Å². The zero-order chi connectivity index (χ0) is 7.97. The number of fused-ring (bicyclic) bond motifs is 2. The van der Waals surface area contributed by atoms with Gasteiger partial charge in [-0.25, -0.2) is 0 Å². The molecular weight excluding hydrogens is 144 g/mol. The third-order valence-corrected chi connectivity index (χ3v) is 4.56. The number of hydrogen-bond donors (Lipinski definition) is 0. The Balaban J connectivity index is 1.83. The monoisotopic (exact) mass is 164 g/mol. The normalized spacial score (nSPS) is 52.0. The molecule has 4 aliphatic carbocycles. The second-order valence-corrected chi connectivity index (χ2v) is 5.57. The molecule has 4 fully saturated rings. The maximum absolute atomic E-state index is 1.60. The van der Waals surface area contributed by atoms with Crippen LogP contribution in [0.3, 0.4) is 0 Å². The smallest absolute Gasteiger partial charge is 0.0406 e. The summed E-state index contributed by atoms with van der Waals surface area (Å²) >= 11 is 0. The van der Waals surface area contributed by atoms with Gasteiger partial charge in [0.2, 0.25) is 0 Å². The minimum Gasteiger partial charge on any atom is -0.0528 e. The van der Waals surface area contributed by atoms with Gasteiger partial charge < -0.3 is 0 Å². The Morgan fingerprint density at radius 2 is 0.917 bits per heavy atom. The molecule has 0 aromatic carbocycles. The van der Waals surface area contributed by atoms with Gasteiger partial charge in [0.15, 0.2) is 0 Å². The SMILES string of the molecule is C1CC2CC3CC(C1)CC(C2)C3. The van der Waals surface area contributed by atoms with Crippen molar-refractivity contribution in [2.45, 2.75) is 51.4 Å². The van der Waals surface area contributed by atoms with Gasteiger partial charge in [-0.05, 0) is 55.8 Å².